The van der Waals surface area contributed by atoms with Crippen molar-refractivity contribution in [3.8, 4) is 0 Å². The van der Waals surface area contributed by atoms with Crippen molar-refractivity contribution in [2.75, 3.05) is 19.8 Å². The first-order valence-corrected chi connectivity index (χ1v) is 9.64. The highest BCUT2D eigenvalue weighted by Crippen LogP contribution is 2.40. The zero-order chi connectivity index (χ0) is 17.8. The lowest BCUT2D eigenvalue weighted by Gasteiger charge is -2.36. The summed E-state index contributed by atoms with van der Waals surface area (Å²) in [7, 11) is 0. The van der Waals surface area contributed by atoms with Gasteiger partial charge in [0.15, 0.2) is 5.76 Å². The van der Waals surface area contributed by atoms with E-state index in [0.29, 0.717) is 12.3 Å². The molecule has 4 nitrogen and oxygen atoms in total. The molecule has 0 radical (unpaired) electrons. The minimum atomic E-state index is -0.166. The van der Waals surface area contributed by atoms with Crippen LogP contribution >= 0.6 is 11.8 Å². The number of rotatable bonds is 5. The molecule has 1 aliphatic heterocycles. The summed E-state index contributed by atoms with van der Waals surface area (Å²) >= 11 is 1.83. The Morgan fingerprint density at radius 1 is 1.04 bits per heavy atom. The van der Waals surface area contributed by atoms with Crippen LogP contribution in [0.4, 0.5) is 0 Å². The Hall–Kier alpha value is -2.24. The number of carbonyl (C=O) groups excluding carboxylic acids is 1. The Labute approximate surface area is 156 Å². The van der Waals surface area contributed by atoms with Crippen LogP contribution in [-0.4, -0.2) is 30.4 Å². The molecule has 1 aliphatic rings. The summed E-state index contributed by atoms with van der Waals surface area (Å²) in [6.07, 6.45) is 1.82. The number of para-hydroxylation sites is 1. The number of hydrogen-bond acceptors (Lipinski definition) is 4. The SMILES string of the molecule is O=C(NCC1(Sc2ccccc2)CCOCC1)c1cc2ccccc2o1. The van der Waals surface area contributed by atoms with E-state index in [2.05, 4.69) is 17.4 Å². The van der Waals surface area contributed by atoms with Gasteiger partial charge in [-0.3, -0.25) is 4.79 Å². The number of amides is 1. The van der Waals surface area contributed by atoms with E-state index in [4.69, 9.17) is 9.15 Å². The van der Waals surface area contributed by atoms with Crippen molar-refractivity contribution in [1.29, 1.82) is 0 Å². The van der Waals surface area contributed by atoms with Crippen molar-refractivity contribution in [1.82, 2.24) is 5.32 Å². The maximum atomic E-state index is 12.6. The van der Waals surface area contributed by atoms with E-state index < -0.39 is 0 Å². The van der Waals surface area contributed by atoms with Gasteiger partial charge in [0.1, 0.15) is 5.58 Å². The van der Waals surface area contributed by atoms with Crippen LogP contribution in [-0.2, 0) is 4.74 Å². The normalized spacial score (nSPS) is 16.5. The predicted octanol–water partition coefficient (Wildman–Crippen LogP) is 4.50. The smallest absolute Gasteiger partial charge is 0.287 e. The van der Waals surface area contributed by atoms with E-state index >= 15 is 0 Å². The number of carbonyl (C=O) groups is 1. The van der Waals surface area contributed by atoms with Crippen molar-refractivity contribution < 1.29 is 13.9 Å². The minimum Gasteiger partial charge on any atom is -0.451 e. The molecule has 5 heteroatoms. The molecule has 0 bridgehead atoms. The third kappa shape index (κ3) is 3.79. The van der Waals surface area contributed by atoms with E-state index in [9.17, 15) is 4.79 Å². The van der Waals surface area contributed by atoms with Gasteiger partial charge in [-0.25, -0.2) is 0 Å². The van der Waals surface area contributed by atoms with Crippen LogP contribution in [0.3, 0.4) is 0 Å². The van der Waals surface area contributed by atoms with Crippen LogP contribution in [0, 0.1) is 0 Å². The Morgan fingerprint density at radius 2 is 1.77 bits per heavy atom. The van der Waals surface area contributed by atoms with Gasteiger partial charge in [0.2, 0.25) is 0 Å². The van der Waals surface area contributed by atoms with E-state index in [1.807, 2.05) is 54.2 Å². The second-order valence-electron chi connectivity index (χ2n) is 6.54. The number of ether oxygens (including phenoxy) is 1. The maximum absolute atomic E-state index is 12.6. The topological polar surface area (TPSA) is 51.5 Å². The second kappa shape index (κ2) is 7.56. The first kappa shape index (κ1) is 17.2. The number of hydrogen-bond donors (Lipinski definition) is 1. The predicted molar refractivity (Wildman–Crippen MR) is 104 cm³/mol. The lowest BCUT2D eigenvalue weighted by atomic mass is 9.99. The molecule has 0 aliphatic carbocycles. The van der Waals surface area contributed by atoms with E-state index in [1.54, 1.807) is 6.07 Å². The Morgan fingerprint density at radius 3 is 2.54 bits per heavy atom. The molecule has 4 rings (SSSR count). The molecule has 0 spiro atoms. The van der Waals surface area contributed by atoms with Gasteiger partial charge in [0, 0.05) is 34.8 Å². The average molecular weight is 367 g/mol. The van der Waals surface area contributed by atoms with Crippen LogP contribution in [0.2, 0.25) is 0 Å². The van der Waals surface area contributed by atoms with Crippen molar-refractivity contribution >= 4 is 28.6 Å². The number of nitrogens with one attached hydrogen (secondary N) is 1. The van der Waals surface area contributed by atoms with E-state index in [-0.39, 0.29) is 10.7 Å². The van der Waals surface area contributed by atoms with Gasteiger partial charge < -0.3 is 14.5 Å². The molecule has 3 aromatic rings. The maximum Gasteiger partial charge on any atom is 0.287 e. The number of fused-ring (bicyclic) bond motifs is 1. The summed E-state index contributed by atoms with van der Waals surface area (Å²) in [6.45, 7) is 2.03. The molecule has 2 aromatic carbocycles. The summed E-state index contributed by atoms with van der Waals surface area (Å²) in [5, 5.41) is 4.02. The van der Waals surface area contributed by atoms with Gasteiger partial charge in [-0.15, -0.1) is 11.8 Å². The highest BCUT2D eigenvalue weighted by Gasteiger charge is 2.34. The van der Waals surface area contributed by atoms with Gasteiger partial charge in [0.05, 0.1) is 0 Å². The summed E-state index contributed by atoms with van der Waals surface area (Å²) in [5.74, 6) is 0.193. The molecule has 26 heavy (non-hydrogen) atoms. The number of thioether (sulfide) groups is 1. The molecule has 1 saturated heterocycles. The van der Waals surface area contributed by atoms with Gasteiger partial charge >= 0.3 is 0 Å². The van der Waals surface area contributed by atoms with Gasteiger partial charge in [-0.05, 0) is 37.1 Å². The molecular weight excluding hydrogens is 346 g/mol. The Balaban J connectivity index is 1.48. The van der Waals surface area contributed by atoms with Crippen LogP contribution in [0.15, 0.2) is 70.0 Å². The Bertz CT molecular complexity index is 851. The van der Waals surface area contributed by atoms with Crippen molar-refractivity contribution in [2.24, 2.45) is 0 Å². The molecule has 0 saturated carbocycles. The van der Waals surface area contributed by atoms with Crippen LogP contribution in [0.25, 0.3) is 11.0 Å². The monoisotopic (exact) mass is 367 g/mol. The molecule has 2 heterocycles. The molecular formula is C21H21NO3S. The summed E-state index contributed by atoms with van der Waals surface area (Å²) in [6, 6.07) is 19.8. The first-order chi connectivity index (χ1) is 12.7. The minimum absolute atomic E-state index is 0.0543. The van der Waals surface area contributed by atoms with E-state index in [0.717, 1.165) is 37.0 Å². The quantitative estimate of drug-likeness (QED) is 0.721. The third-order valence-corrected chi connectivity index (χ3v) is 6.20. The van der Waals surface area contributed by atoms with E-state index in [1.165, 1.54) is 4.90 Å². The average Bonchev–Trinajstić information content (AvgIpc) is 3.12. The fourth-order valence-electron chi connectivity index (χ4n) is 3.22. The zero-order valence-electron chi connectivity index (χ0n) is 14.4. The largest absolute Gasteiger partial charge is 0.451 e. The fraction of sp³-hybridized carbons (Fsp3) is 0.286. The summed E-state index contributed by atoms with van der Waals surface area (Å²) < 4.78 is 11.2. The van der Waals surface area contributed by atoms with Crippen molar-refractivity contribution in [3.63, 3.8) is 0 Å². The third-order valence-electron chi connectivity index (χ3n) is 4.70. The molecule has 0 unspecified atom stereocenters. The first-order valence-electron chi connectivity index (χ1n) is 8.83. The molecule has 1 amide bonds. The Kier molecular flexibility index (Phi) is 5.00. The number of furan rings is 1. The zero-order valence-corrected chi connectivity index (χ0v) is 15.3. The highest BCUT2D eigenvalue weighted by molar-refractivity contribution is 8.00. The molecule has 1 fully saturated rings. The molecule has 0 atom stereocenters. The molecule has 1 N–H and O–H groups in total. The van der Waals surface area contributed by atoms with Crippen molar-refractivity contribution in [3.05, 3.63) is 66.4 Å². The van der Waals surface area contributed by atoms with Gasteiger partial charge in [0.25, 0.3) is 5.91 Å². The van der Waals surface area contributed by atoms with Crippen molar-refractivity contribution in [2.45, 2.75) is 22.5 Å². The molecule has 1 aromatic heterocycles. The highest BCUT2D eigenvalue weighted by atomic mass is 32.2. The lowest BCUT2D eigenvalue weighted by molar-refractivity contribution is 0.0735. The van der Waals surface area contributed by atoms with Crippen LogP contribution < -0.4 is 5.32 Å². The standard InChI is InChI=1S/C21H21NO3S/c23-20(19-14-16-6-4-5-9-18(16)25-19)22-15-21(10-12-24-13-11-21)26-17-7-2-1-3-8-17/h1-9,14H,10-13,15H2,(H,22,23). The van der Waals surface area contributed by atoms with Gasteiger partial charge in [-0.2, -0.15) is 0 Å². The van der Waals surface area contributed by atoms with Crippen LogP contribution in [0.5, 0.6) is 0 Å². The van der Waals surface area contributed by atoms with Gasteiger partial charge in [-0.1, -0.05) is 36.4 Å². The summed E-state index contributed by atoms with van der Waals surface area (Å²) in [4.78, 5) is 13.8. The second-order valence-corrected chi connectivity index (χ2v) is 8.08. The molecule has 134 valence electrons. The van der Waals surface area contributed by atoms with Crippen LogP contribution in [0.1, 0.15) is 23.4 Å². The summed E-state index contributed by atoms with van der Waals surface area (Å²) in [5.41, 5.74) is 0.733. The number of benzene rings is 2. The lowest BCUT2D eigenvalue weighted by Crippen LogP contribution is -2.44. The fourth-order valence-corrected chi connectivity index (χ4v) is 4.53.